The molecule has 0 saturated carbocycles. The molecule has 0 aliphatic rings. The number of carbonyl (C=O) groups is 1. The molecule has 1 N–H and O–H groups in total. The predicted octanol–water partition coefficient (Wildman–Crippen LogP) is 1.02. The maximum absolute atomic E-state index is 10.9. The lowest BCUT2D eigenvalue weighted by atomic mass is 10.4. The maximum Gasteiger partial charge on any atom is 0.307 e. The molecule has 0 aliphatic carbocycles. The minimum absolute atomic E-state index is 0.260. The first kappa shape index (κ1) is 7.53. The topological polar surface area (TPSA) is 54.6 Å². The van der Waals surface area contributed by atoms with Crippen molar-refractivity contribution >= 4 is 12.1 Å². The van der Waals surface area contributed by atoms with E-state index in [4.69, 9.17) is 4.42 Å². The van der Waals surface area contributed by atoms with Crippen LogP contribution < -0.4 is 5.43 Å². The van der Waals surface area contributed by atoms with Crippen LogP contribution in [0.4, 0.5) is 0 Å². The molecule has 1 amide bonds. The number of hydrogen-bond donors (Lipinski definition) is 1. The van der Waals surface area contributed by atoms with Crippen LogP contribution >= 0.6 is 0 Å². The number of nitrogens with one attached hydrogen (secondary N) is 1. The molecule has 1 aromatic heterocycles. The van der Waals surface area contributed by atoms with Crippen LogP contribution in [0.5, 0.6) is 0 Å². The van der Waals surface area contributed by atoms with E-state index in [-0.39, 0.29) is 11.7 Å². The zero-order chi connectivity index (χ0) is 8.10. The molecule has 0 aliphatic heterocycles. The Labute approximate surface area is 63.9 Å². The fourth-order valence-electron chi connectivity index (χ4n) is 0.586. The number of hydrazone groups is 1. The summed E-state index contributed by atoms with van der Waals surface area (Å²) in [6.45, 7) is 1.71. The Hall–Kier alpha value is -1.58. The van der Waals surface area contributed by atoms with Crippen LogP contribution in [0.15, 0.2) is 27.9 Å². The van der Waals surface area contributed by atoms with Crippen LogP contribution in [0.2, 0.25) is 0 Å². The molecule has 1 aromatic rings. The lowest BCUT2D eigenvalue weighted by Gasteiger charge is -1.91. The van der Waals surface area contributed by atoms with Gasteiger partial charge in [-0.1, -0.05) is 0 Å². The van der Waals surface area contributed by atoms with E-state index < -0.39 is 0 Å². The van der Waals surface area contributed by atoms with Gasteiger partial charge < -0.3 is 4.42 Å². The fourth-order valence-corrected chi connectivity index (χ4v) is 0.586. The molecular weight excluding hydrogens is 144 g/mol. The van der Waals surface area contributed by atoms with Crippen LogP contribution in [0.25, 0.3) is 0 Å². The molecule has 0 fully saturated rings. The quantitative estimate of drug-likeness (QED) is 0.508. The molecule has 11 heavy (non-hydrogen) atoms. The van der Waals surface area contributed by atoms with Crippen molar-refractivity contribution in [3.63, 3.8) is 0 Å². The number of carbonyl (C=O) groups excluding carboxylic acids is 1. The standard InChI is InChI=1S/C7H8N2O2/c1-2-8-9-7(10)6-4-3-5-11-6/h2-5H,1H3,(H,9,10)/b8-2-. The smallest absolute Gasteiger partial charge is 0.307 e. The van der Waals surface area contributed by atoms with Crippen molar-refractivity contribution < 1.29 is 9.21 Å². The number of rotatable bonds is 2. The van der Waals surface area contributed by atoms with Crippen molar-refractivity contribution in [3.05, 3.63) is 24.2 Å². The molecule has 0 unspecified atom stereocenters. The van der Waals surface area contributed by atoms with Gasteiger partial charge in [-0.3, -0.25) is 4.79 Å². The van der Waals surface area contributed by atoms with E-state index in [1.807, 2.05) is 0 Å². The normalized spacial score (nSPS) is 10.3. The molecule has 0 saturated heterocycles. The predicted molar refractivity (Wildman–Crippen MR) is 40.3 cm³/mol. The van der Waals surface area contributed by atoms with Gasteiger partial charge in [0.1, 0.15) is 0 Å². The molecule has 0 bridgehead atoms. The van der Waals surface area contributed by atoms with Crippen LogP contribution in [0.1, 0.15) is 17.5 Å². The average Bonchev–Trinajstić information content (AvgIpc) is 2.52. The van der Waals surface area contributed by atoms with E-state index in [1.165, 1.54) is 12.5 Å². The van der Waals surface area contributed by atoms with Gasteiger partial charge >= 0.3 is 5.91 Å². The molecule has 4 heteroatoms. The van der Waals surface area contributed by atoms with Crippen molar-refractivity contribution in [3.8, 4) is 0 Å². The van der Waals surface area contributed by atoms with Crippen LogP contribution in [0, 0.1) is 0 Å². The summed E-state index contributed by atoms with van der Waals surface area (Å²) in [5.41, 5.74) is 2.27. The highest BCUT2D eigenvalue weighted by molar-refractivity contribution is 5.91. The van der Waals surface area contributed by atoms with Crippen LogP contribution in [-0.2, 0) is 0 Å². The van der Waals surface area contributed by atoms with Crippen molar-refractivity contribution in [2.75, 3.05) is 0 Å². The minimum atomic E-state index is -0.340. The SMILES string of the molecule is C/C=N\NC(=O)c1ccco1. The maximum atomic E-state index is 10.9. The van der Waals surface area contributed by atoms with Gasteiger partial charge in [0, 0.05) is 6.21 Å². The highest BCUT2D eigenvalue weighted by atomic mass is 16.3. The van der Waals surface area contributed by atoms with Gasteiger partial charge in [-0.15, -0.1) is 0 Å². The summed E-state index contributed by atoms with van der Waals surface area (Å²) in [6.07, 6.45) is 2.92. The molecule has 58 valence electrons. The zero-order valence-electron chi connectivity index (χ0n) is 6.07. The zero-order valence-corrected chi connectivity index (χ0v) is 6.07. The van der Waals surface area contributed by atoms with Crippen molar-refractivity contribution in [2.45, 2.75) is 6.92 Å². The van der Waals surface area contributed by atoms with Gasteiger partial charge in [0.15, 0.2) is 5.76 Å². The average molecular weight is 152 g/mol. The third-order valence-electron chi connectivity index (χ3n) is 1.04. The summed E-state index contributed by atoms with van der Waals surface area (Å²) in [7, 11) is 0. The Morgan fingerprint density at radius 2 is 2.64 bits per heavy atom. The Kier molecular flexibility index (Phi) is 2.43. The lowest BCUT2D eigenvalue weighted by molar-refractivity contribution is 0.0927. The third-order valence-corrected chi connectivity index (χ3v) is 1.04. The van der Waals surface area contributed by atoms with Crippen molar-refractivity contribution in [1.82, 2.24) is 5.43 Å². The number of amides is 1. The Morgan fingerprint density at radius 3 is 3.18 bits per heavy atom. The van der Waals surface area contributed by atoms with Gasteiger partial charge in [-0.05, 0) is 19.1 Å². The first-order valence-electron chi connectivity index (χ1n) is 3.16. The molecule has 0 aromatic carbocycles. The van der Waals surface area contributed by atoms with Gasteiger partial charge in [-0.2, -0.15) is 5.10 Å². The molecule has 0 spiro atoms. The van der Waals surface area contributed by atoms with Gasteiger partial charge in [-0.25, -0.2) is 5.43 Å². The van der Waals surface area contributed by atoms with E-state index in [0.717, 1.165) is 0 Å². The van der Waals surface area contributed by atoms with Gasteiger partial charge in [0.2, 0.25) is 0 Å². The van der Waals surface area contributed by atoms with E-state index in [9.17, 15) is 4.79 Å². The monoisotopic (exact) mass is 152 g/mol. The van der Waals surface area contributed by atoms with Crippen LogP contribution in [-0.4, -0.2) is 12.1 Å². The number of nitrogens with zero attached hydrogens (tertiary/aromatic N) is 1. The Bertz CT molecular complexity index is 251. The molecule has 1 heterocycles. The van der Waals surface area contributed by atoms with Gasteiger partial charge in [0.05, 0.1) is 6.26 Å². The lowest BCUT2D eigenvalue weighted by Crippen LogP contribution is -2.16. The summed E-state index contributed by atoms with van der Waals surface area (Å²) < 4.78 is 4.81. The molecule has 4 nitrogen and oxygen atoms in total. The van der Waals surface area contributed by atoms with Crippen molar-refractivity contribution in [1.29, 1.82) is 0 Å². The molecule has 1 rings (SSSR count). The highest BCUT2D eigenvalue weighted by Crippen LogP contribution is 1.98. The van der Waals surface area contributed by atoms with E-state index in [2.05, 4.69) is 10.5 Å². The molecular formula is C7H8N2O2. The van der Waals surface area contributed by atoms with E-state index >= 15 is 0 Å². The van der Waals surface area contributed by atoms with Crippen molar-refractivity contribution in [2.24, 2.45) is 5.10 Å². The Balaban J connectivity index is 2.56. The first-order chi connectivity index (χ1) is 5.34. The van der Waals surface area contributed by atoms with Crippen LogP contribution in [0.3, 0.4) is 0 Å². The minimum Gasteiger partial charge on any atom is -0.459 e. The fraction of sp³-hybridized carbons (Fsp3) is 0.143. The second kappa shape index (κ2) is 3.55. The third kappa shape index (κ3) is 1.93. The summed E-state index contributed by atoms with van der Waals surface area (Å²) in [5, 5.41) is 3.54. The van der Waals surface area contributed by atoms with Gasteiger partial charge in [0.25, 0.3) is 0 Å². The largest absolute Gasteiger partial charge is 0.459 e. The summed E-state index contributed by atoms with van der Waals surface area (Å²) in [5.74, 6) is -0.0799. The Morgan fingerprint density at radius 1 is 1.82 bits per heavy atom. The first-order valence-corrected chi connectivity index (χ1v) is 3.16. The molecule has 0 radical (unpaired) electrons. The summed E-state index contributed by atoms with van der Waals surface area (Å²) >= 11 is 0. The second-order valence-electron chi connectivity index (χ2n) is 1.81. The number of furan rings is 1. The highest BCUT2D eigenvalue weighted by Gasteiger charge is 2.04. The summed E-state index contributed by atoms with van der Waals surface area (Å²) in [4.78, 5) is 10.9. The summed E-state index contributed by atoms with van der Waals surface area (Å²) in [6, 6.07) is 3.21. The second-order valence-corrected chi connectivity index (χ2v) is 1.81. The van der Waals surface area contributed by atoms with E-state index in [1.54, 1.807) is 19.1 Å². The van der Waals surface area contributed by atoms with E-state index in [0.29, 0.717) is 0 Å². The number of hydrogen-bond acceptors (Lipinski definition) is 3. The molecule has 0 atom stereocenters.